The van der Waals surface area contributed by atoms with Crippen molar-refractivity contribution in [2.24, 2.45) is 0 Å². The van der Waals surface area contributed by atoms with Crippen LogP contribution < -0.4 is 4.74 Å². The van der Waals surface area contributed by atoms with Crippen LogP contribution in [0.4, 0.5) is 0 Å². The summed E-state index contributed by atoms with van der Waals surface area (Å²) in [5.41, 5.74) is 1.18. The number of aliphatic hydroxyl groups is 1. The first-order valence-electron chi connectivity index (χ1n) is 6.86. The number of aryl methyl sites for hydroxylation is 2. The molecule has 0 radical (unpaired) electrons. The van der Waals surface area contributed by atoms with Gasteiger partial charge in [0.15, 0.2) is 5.82 Å². The van der Waals surface area contributed by atoms with Gasteiger partial charge in [-0.1, -0.05) is 30.6 Å². The molecule has 1 N–H and O–H groups in total. The zero-order valence-corrected chi connectivity index (χ0v) is 11.9. The molecular weight excluding hydrogens is 256 g/mol. The van der Waals surface area contributed by atoms with Gasteiger partial charge >= 0.3 is 0 Å². The maximum Gasteiger partial charge on any atom is 0.227 e. The molecule has 20 heavy (non-hydrogen) atoms. The highest BCUT2D eigenvalue weighted by molar-refractivity contribution is 5.27. The predicted octanol–water partition coefficient (Wildman–Crippen LogP) is 2.70. The lowest BCUT2D eigenvalue weighted by Gasteiger charge is -2.02. The highest BCUT2D eigenvalue weighted by Gasteiger charge is 2.14. The Balaban J connectivity index is 1.90. The fraction of sp³-hybridized carbons (Fsp3) is 0.467. The van der Waals surface area contributed by atoms with Gasteiger partial charge in [-0.3, -0.25) is 0 Å². The smallest absolute Gasteiger partial charge is 0.227 e. The molecule has 0 bridgehead atoms. The van der Waals surface area contributed by atoms with Gasteiger partial charge in [-0.2, -0.15) is 4.98 Å². The Labute approximate surface area is 118 Å². The molecule has 0 aliphatic rings. The van der Waals surface area contributed by atoms with E-state index in [9.17, 15) is 5.11 Å². The molecular formula is C15H20N2O3. The van der Waals surface area contributed by atoms with Gasteiger partial charge in [0, 0.05) is 6.42 Å². The van der Waals surface area contributed by atoms with E-state index in [1.807, 2.05) is 31.2 Å². The van der Waals surface area contributed by atoms with Gasteiger partial charge in [0.1, 0.15) is 11.9 Å². The van der Waals surface area contributed by atoms with Gasteiger partial charge in [0.2, 0.25) is 5.89 Å². The van der Waals surface area contributed by atoms with Crippen molar-refractivity contribution < 1.29 is 14.4 Å². The van der Waals surface area contributed by atoms with Crippen LogP contribution in [-0.4, -0.2) is 22.4 Å². The van der Waals surface area contributed by atoms with Crippen LogP contribution in [0.25, 0.3) is 0 Å². The number of aliphatic hydroxyl groups excluding tert-OH is 1. The number of hydrogen-bond donors (Lipinski definition) is 1. The standard InChI is InChI=1S/C15H20N2O3/c1-3-4-13(18)15-16-14(20-17-15)10-7-11-5-8-12(19-2)9-6-11/h5-6,8-9,13,18H,3-4,7,10H2,1-2H3. The highest BCUT2D eigenvalue weighted by atomic mass is 16.5. The first kappa shape index (κ1) is 14.5. The summed E-state index contributed by atoms with van der Waals surface area (Å²) in [7, 11) is 1.65. The summed E-state index contributed by atoms with van der Waals surface area (Å²) in [6.07, 6.45) is 2.39. The predicted molar refractivity (Wildman–Crippen MR) is 74.6 cm³/mol. The molecule has 0 amide bonds. The third kappa shape index (κ3) is 3.81. The summed E-state index contributed by atoms with van der Waals surface area (Å²) < 4.78 is 10.3. The van der Waals surface area contributed by atoms with Crippen LogP contribution >= 0.6 is 0 Å². The highest BCUT2D eigenvalue weighted by Crippen LogP contribution is 2.16. The second kappa shape index (κ2) is 7.05. The summed E-state index contributed by atoms with van der Waals surface area (Å²) in [5.74, 6) is 1.79. The molecule has 0 aliphatic carbocycles. The fourth-order valence-electron chi connectivity index (χ4n) is 1.95. The Morgan fingerprint density at radius 3 is 2.65 bits per heavy atom. The quantitative estimate of drug-likeness (QED) is 0.842. The van der Waals surface area contributed by atoms with Crippen LogP contribution in [0, 0.1) is 0 Å². The van der Waals surface area contributed by atoms with Crippen LogP contribution in [0.1, 0.15) is 43.1 Å². The Bertz CT molecular complexity index is 522. The van der Waals surface area contributed by atoms with Crippen molar-refractivity contribution in [3.05, 3.63) is 41.5 Å². The van der Waals surface area contributed by atoms with Crippen LogP contribution in [0.5, 0.6) is 5.75 Å². The van der Waals surface area contributed by atoms with Crippen LogP contribution in [-0.2, 0) is 12.8 Å². The SMILES string of the molecule is CCCC(O)c1noc(CCc2ccc(OC)cc2)n1. The molecule has 0 aliphatic heterocycles. The number of rotatable bonds is 7. The van der Waals surface area contributed by atoms with E-state index in [0.717, 1.165) is 18.6 Å². The fourth-order valence-corrected chi connectivity index (χ4v) is 1.95. The molecule has 5 nitrogen and oxygen atoms in total. The van der Waals surface area contributed by atoms with Gasteiger partial charge in [0.25, 0.3) is 0 Å². The molecule has 0 saturated carbocycles. The molecule has 1 atom stereocenters. The molecule has 1 unspecified atom stereocenters. The monoisotopic (exact) mass is 276 g/mol. The Kier molecular flexibility index (Phi) is 5.12. The number of methoxy groups -OCH3 is 1. The van der Waals surface area contributed by atoms with E-state index in [-0.39, 0.29) is 0 Å². The normalized spacial score (nSPS) is 12.3. The molecule has 2 rings (SSSR count). The third-order valence-electron chi connectivity index (χ3n) is 3.13. The largest absolute Gasteiger partial charge is 0.497 e. The van der Waals surface area contributed by atoms with Gasteiger partial charge < -0.3 is 14.4 Å². The van der Waals surface area contributed by atoms with E-state index in [1.165, 1.54) is 5.56 Å². The maximum absolute atomic E-state index is 9.78. The summed E-state index contributed by atoms with van der Waals surface area (Å²) >= 11 is 0. The number of benzene rings is 1. The molecule has 108 valence electrons. The van der Waals surface area contributed by atoms with Crippen LogP contribution in [0.15, 0.2) is 28.8 Å². The van der Waals surface area contributed by atoms with Crippen molar-refractivity contribution in [1.82, 2.24) is 10.1 Å². The first-order valence-corrected chi connectivity index (χ1v) is 6.86. The van der Waals surface area contributed by atoms with Crippen LogP contribution in [0.3, 0.4) is 0 Å². The third-order valence-corrected chi connectivity index (χ3v) is 3.13. The Morgan fingerprint density at radius 2 is 2.00 bits per heavy atom. The Morgan fingerprint density at radius 1 is 1.25 bits per heavy atom. The van der Waals surface area contributed by atoms with E-state index in [1.54, 1.807) is 7.11 Å². The molecule has 1 aromatic heterocycles. The average molecular weight is 276 g/mol. The minimum Gasteiger partial charge on any atom is -0.497 e. The lowest BCUT2D eigenvalue weighted by molar-refractivity contribution is 0.152. The van der Waals surface area contributed by atoms with E-state index in [0.29, 0.717) is 24.6 Å². The molecule has 0 saturated heterocycles. The number of aromatic nitrogens is 2. The van der Waals surface area contributed by atoms with Crippen molar-refractivity contribution in [2.45, 2.75) is 38.7 Å². The summed E-state index contributed by atoms with van der Waals surface area (Å²) in [6.45, 7) is 2.01. The lowest BCUT2D eigenvalue weighted by atomic mass is 10.1. The summed E-state index contributed by atoms with van der Waals surface area (Å²) in [4.78, 5) is 4.23. The summed E-state index contributed by atoms with van der Waals surface area (Å²) in [5, 5.41) is 13.6. The van der Waals surface area contributed by atoms with Crippen molar-refractivity contribution in [3.63, 3.8) is 0 Å². The number of hydrogen-bond acceptors (Lipinski definition) is 5. The lowest BCUT2D eigenvalue weighted by Crippen LogP contribution is -1.99. The topological polar surface area (TPSA) is 68.4 Å². The number of nitrogens with zero attached hydrogens (tertiary/aromatic N) is 2. The zero-order chi connectivity index (χ0) is 14.4. The van der Waals surface area contributed by atoms with E-state index in [2.05, 4.69) is 10.1 Å². The van der Waals surface area contributed by atoms with Gasteiger partial charge in [-0.15, -0.1) is 0 Å². The van der Waals surface area contributed by atoms with Crippen molar-refractivity contribution >= 4 is 0 Å². The van der Waals surface area contributed by atoms with Crippen molar-refractivity contribution in [2.75, 3.05) is 7.11 Å². The molecule has 5 heteroatoms. The zero-order valence-electron chi connectivity index (χ0n) is 11.9. The minimum absolute atomic E-state index is 0.386. The molecule has 0 fully saturated rings. The molecule has 0 spiro atoms. The van der Waals surface area contributed by atoms with E-state index < -0.39 is 6.10 Å². The van der Waals surface area contributed by atoms with Gasteiger partial charge in [0.05, 0.1) is 7.11 Å². The van der Waals surface area contributed by atoms with Gasteiger partial charge in [-0.05, 0) is 30.5 Å². The van der Waals surface area contributed by atoms with Gasteiger partial charge in [-0.25, -0.2) is 0 Å². The minimum atomic E-state index is -0.626. The molecule has 1 heterocycles. The maximum atomic E-state index is 9.78. The van der Waals surface area contributed by atoms with Crippen molar-refractivity contribution in [3.8, 4) is 5.75 Å². The van der Waals surface area contributed by atoms with Crippen molar-refractivity contribution in [1.29, 1.82) is 0 Å². The second-order valence-electron chi connectivity index (χ2n) is 4.70. The first-order chi connectivity index (χ1) is 9.72. The van der Waals surface area contributed by atoms with E-state index >= 15 is 0 Å². The van der Waals surface area contributed by atoms with E-state index in [4.69, 9.17) is 9.26 Å². The molecule has 2 aromatic rings. The number of ether oxygens (including phenoxy) is 1. The molecule has 1 aromatic carbocycles. The average Bonchev–Trinajstić information content (AvgIpc) is 2.95. The second-order valence-corrected chi connectivity index (χ2v) is 4.70. The summed E-state index contributed by atoms with van der Waals surface area (Å²) in [6, 6.07) is 7.89. The van der Waals surface area contributed by atoms with Crippen LogP contribution in [0.2, 0.25) is 0 Å². The Hall–Kier alpha value is -1.88.